The Hall–Kier alpha value is -0.800. The van der Waals surface area contributed by atoms with Gasteiger partial charge in [-0.1, -0.05) is 0 Å². The molecule has 0 fully saturated rings. The van der Waals surface area contributed by atoms with Gasteiger partial charge in [0.1, 0.15) is 0 Å². The van der Waals surface area contributed by atoms with Crippen molar-refractivity contribution in [1.82, 2.24) is 9.88 Å². The van der Waals surface area contributed by atoms with Crippen molar-refractivity contribution < 1.29 is 4.74 Å². The number of hydrogen-bond donors (Lipinski definition) is 1. The molecule has 0 atom stereocenters. The van der Waals surface area contributed by atoms with Crippen LogP contribution in [0.5, 0.6) is 0 Å². The monoisotopic (exact) mass is 196 g/mol. The number of nitrogens with one attached hydrogen (secondary N) is 1. The van der Waals surface area contributed by atoms with Crippen molar-refractivity contribution in [3.63, 3.8) is 0 Å². The highest BCUT2D eigenvalue weighted by atomic mass is 16.5. The lowest BCUT2D eigenvalue weighted by Crippen LogP contribution is -2.16. The van der Waals surface area contributed by atoms with Crippen LogP contribution < -0.4 is 5.32 Å². The van der Waals surface area contributed by atoms with Gasteiger partial charge in [-0.25, -0.2) is 0 Å². The first-order chi connectivity index (χ1) is 6.84. The second-order valence-electron chi connectivity index (χ2n) is 3.49. The van der Waals surface area contributed by atoms with Crippen LogP contribution in [-0.2, 0) is 18.3 Å². The van der Waals surface area contributed by atoms with Crippen molar-refractivity contribution in [2.24, 2.45) is 7.05 Å². The first-order valence-electron chi connectivity index (χ1n) is 5.14. The molecule has 14 heavy (non-hydrogen) atoms. The van der Waals surface area contributed by atoms with Gasteiger partial charge >= 0.3 is 0 Å². The fourth-order valence-corrected chi connectivity index (χ4v) is 1.39. The second-order valence-corrected chi connectivity index (χ2v) is 3.49. The molecule has 0 aliphatic heterocycles. The Bertz CT molecular complexity index is 245. The minimum Gasteiger partial charge on any atom is -0.385 e. The van der Waals surface area contributed by atoms with Gasteiger partial charge in [0.05, 0.1) is 0 Å². The normalized spacial score (nSPS) is 10.7. The molecule has 0 saturated heterocycles. The third kappa shape index (κ3) is 3.94. The Kier molecular flexibility index (Phi) is 5.33. The largest absolute Gasteiger partial charge is 0.385 e. The molecule has 0 amide bonds. The van der Waals surface area contributed by atoms with Crippen molar-refractivity contribution in [3.05, 3.63) is 24.0 Å². The maximum Gasteiger partial charge on any atom is 0.0462 e. The number of unbranched alkanes of at least 4 members (excludes halogenated alkanes) is 1. The molecule has 1 aromatic rings. The second kappa shape index (κ2) is 6.62. The number of methoxy groups -OCH3 is 1. The van der Waals surface area contributed by atoms with Gasteiger partial charge in [0.2, 0.25) is 0 Å². The van der Waals surface area contributed by atoms with E-state index < -0.39 is 0 Å². The van der Waals surface area contributed by atoms with E-state index in [4.69, 9.17) is 4.74 Å². The lowest BCUT2D eigenvalue weighted by molar-refractivity contribution is 0.192. The number of nitrogens with zero attached hydrogens (tertiary/aromatic N) is 1. The van der Waals surface area contributed by atoms with E-state index in [2.05, 4.69) is 35.3 Å². The lowest BCUT2D eigenvalue weighted by atomic mass is 10.3. The van der Waals surface area contributed by atoms with E-state index in [1.807, 2.05) is 0 Å². The molecule has 0 saturated carbocycles. The Morgan fingerprint density at radius 3 is 2.93 bits per heavy atom. The van der Waals surface area contributed by atoms with Crippen LogP contribution >= 0.6 is 0 Å². The summed E-state index contributed by atoms with van der Waals surface area (Å²) in [6.45, 7) is 2.89. The van der Waals surface area contributed by atoms with Crippen molar-refractivity contribution in [3.8, 4) is 0 Å². The van der Waals surface area contributed by atoms with Crippen LogP contribution in [0.15, 0.2) is 18.3 Å². The minimum atomic E-state index is 0.867. The van der Waals surface area contributed by atoms with Gasteiger partial charge in [-0.2, -0.15) is 0 Å². The predicted octanol–water partition coefficient (Wildman–Crippen LogP) is 1.54. The molecule has 0 aliphatic rings. The quantitative estimate of drug-likeness (QED) is 0.669. The molecule has 0 aromatic carbocycles. The number of hydrogen-bond acceptors (Lipinski definition) is 2. The predicted molar refractivity (Wildman–Crippen MR) is 58.2 cm³/mol. The fourth-order valence-electron chi connectivity index (χ4n) is 1.39. The van der Waals surface area contributed by atoms with E-state index in [0.29, 0.717) is 0 Å². The summed E-state index contributed by atoms with van der Waals surface area (Å²) in [6, 6.07) is 4.21. The van der Waals surface area contributed by atoms with Crippen molar-refractivity contribution >= 4 is 0 Å². The van der Waals surface area contributed by atoms with E-state index in [0.717, 1.165) is 26.1 Å². The smallest absolute Gasteiger partial charge is 0.0462 e. The molecule has 0 unspecified atom stereocenters. The van der Waals surface area contributed by atoms with Crippen LogP contribution in [0.2, 0.25) is 0 Å². The average molecular weight is 196 g/mol. The number of aryl methyl sites for hydroxylation is 1. The van der Waals surface area contributed by atoms with Gasteiger partial charge in [0.15, 0.2) is 0 Å². The molecule has 0 bridgehead atoms. The maximum absolute atomic E-state index is 4.98. The summed E-state index contributed by atoms with van der Waals surface area (Å²) < 4.78 is 7.12. The molecule has 1 N–H and O–H groups in total. The first-order valence-corrected chi connectivity index (χ1v) is 5.14. The summed E-state index contributed by atoms with van der Waals surface area (Å²) in [7, 11) is 3.82. The van der Waals surface area contributed by atoms with Crippen molar-refractivity contribution in [2.45, 2.75) is 19.4 Å². The van der Waals surface area contributed by atoms with E-state index >= 15 is 0 Å². The zero-order valence-electron chi connectivity index (χ0n) is 9.12. The zero-order chi connectivity index (χ0) is 10.2. The van der Waals surface area contributed by atoms with Gasteiger partial charge in [-0.05, 0) is 31.5 Å². The molecule has 0 aliphatic carbocycles. The van der Waals surface area contributed by atoms with Gasteiger partial charge in [0, 0.05) is 39.2 Å². The molecule has 3 heteroatoms. The average Bonchev–Trinajstić information content (AvgIpc) is 2.58. The SMILES string of the molecule is COCCCCNCc1cccn1C. The van der Waals surface area contributed by atoms with Crippen LogP contribution in [0.25, 0.3) is 0 Å². The number of ether oxygens (including phenoxy) is 1. The van der Waals surface area contributed by atoms with Crippen molar-refractivity contribution in [2.75, 3.05) is 20.3 Å². The summed E-state index contributed by atoms with van der Waals surface area (Å²) >= 11 is 0. The molecule has 1 rings (SSSR count). The van der Waals surface area contributed by atoms with E-state index in [1.165, 1.54) is 12.1 Å². The molecule has 80 valence electrons. The molecule has 3 nitrogen and oxygen atoms in total. The van der Waals surface area contributed by atoms with Crippen LogP contribution in [0, 0.1) is 0 Å². The van der Waals surface area contributed by atoms with Crippen LogP contribution in [0.4, 0.5) is 0 Å². The summed E-state index contributed by atoms with van der Waals surface area (Å²) in [5.74, 6) is 0. The highest BCUT2D eigenvalue weighted by Gasteiger charge is 1.95. The molecule has 0 spiro atoms. The van der Waals surface area contributed by atoms with E-state index in [-0.39, 0.29) is 0 Å². The summed E-state index contributed by atoms with van der Waals surface area (Å²) in [5.41, 5.74) is 1.33. The summed E-state index contributed by atoms with van der Waals surface area (Å²) in [6.07, 6.45) is 4.39. The summed E-state index contributed by atoms with van der Waals surface area (Å²) in [5, 5.41) is 3.41. The molecule has 1 heterocycles. The fraction of sp³-hybridized carbons (Fsp3) is 0.636. The highest BCUT2D eigenvalue weighted by molar-refractivity contribution is 5.05. The topological polar surface area (TPSA) is 26.2 Å². The van der Waals surface area contributed by atoms with Gasteiger partial charge in [-0.15, -0.1) is 0 Å². The third-order valence-corrected chi connectivity index (χ3v) is 2.31. The van der Waals surface area contributed by atoms with E-state index in [9.17, 15) is 0 Å². The van der Waals surface area contributed by atoms with Crippen LogP contribution in [-0.4, -0.2) is 24.8 Å². The van der Waals surface area contributed by atoms with Gasteiger partial charge < -0.3 is 14.6 Å². The Morgan fingerprint density at radius 2 is 2.29 bits per heavy atom. The third-order valence-electron chi connectivity index (χ3n) is 2.31. The highest BCUT2D eigenvalue weighted by Crippen LogP contribution is 1.98. The van der Waals surface area contributed by atoms with Gasteiger partial charge in [-0.3, -0.25) is 0 Å². The molecule has 1 aromatic heterocycles. The van der Waals surface area contributed by atoms with Crippen LogP contribution in [0.1, 0.15) is 18.5 Å². The van der Waals surface area contributed by atoms with Crippen LogP contribution in [0.3, 0.4) is 0 Å². The molecular weight excluding hydrogens is 176 g/mol. The van der Waals surface area contributed by atoms with Crippen molar-refractivity contribution in [1.29, 1.82) is 0 Å². The lowest BCUT2D eigenvalue weighted by Gasteiger charge is -2.05. The molecular formula is C11H20N2O. The number of rotatable bonds is 7. The molecule has 0 radical (unpaired) electrons. The maximum atomic E-state index is 4.98. The zero-order valence-corrected chi connectivity index (χ0v) is 9.12. The first kappa shape index (κ1) is 11.3. The number of aromatic nitrogens is 1. The van der Waals surface area contributed by atoms with E-state index in [1.54, 1.807) is 7.11 Å². The standard InChI is InChI=1S/C11H20N2O/c1-13-8-5-6-11(13)10-12-7-3-4-9-14-2/h5-6,8,12H,3-4,7,9-10H2,1-2H3. The Morgan fingerprint density at radius 1 is 1.43 bits per heavy atom. The Balaban J connectivity index is 2.02. The summed E-state index contributed by atoms with van der Waals surface area (Å²) in [4.78, 5) is 0. The Labute approximate surface area is 86.1 Å². The van der Waals surface area contributed by atoms with Gasteiger partial charge in [0.25, 0.3) is 0 Å². The minimum absolute atomic E-state index is 0.867.